The van der Waals surface area contributed by atoms with Crippen molar-refractivity contribution < 1.29 is 27.4 Å². The number of nitriles is 1. The van der Waals surface area contributed by atoms with E-state index < -0.39 is 12.0 Å². The Balaban J connectivity index is 1.05. The lowest BCUT2D eigenvalue weighted by molar-refractivity contribution is -0.274. The van der Waals surface area contributed by atoms with Gasteiger partial charge >= 0.3 is 12.5 Å². The molecule has 4 bridgehead atoms. The quantitative estimate of drug-likeness (QED) is 0.279. The van der Waals surface area contributed by atoms with Crippen molar-refractivity contribution in [2.75, 3.05) is 30.3 Å². The first-order valence-corrected chi connectivity index (χ1v) is 16.6. The molecule has 0 radical (unpaired) electrons. The summed E-state index contributed by atoms with van der Waals surface area (Å²) in [6.07, 6.45) is 4.09. The van der Waals surface area contributed by atoms with Crippen LogP contribution in [0, 0.1) is 34.5 Å². The smallest absolute Gasteiger partial charge is 0.444 e. The summed E-state index contributed by atoms with van der Waals surface area (Å²) in [5.41, 5.74) is 0.245. The standard InChI is InChI=1S/C34H44F3N7O3/c1-32(2,3)47-31(45)44-10-8-26(9-11-44)42-28-23-12-21-13-24(28)16-33(14-21,15-23)20-41-29-25(17-38)19-40-30(43-29)39-18-22-6-4-5-7-27(22)46-34(35,36)37/h4-7,19,21,23-24,26,28,42H,8-16,18,20H2,1-3H3,(H2,39,40,41,43)/t21?,23-,24+,28?,33?. The number of rotatable bonds is 9. The number of nitrogens with one attached hydrogen (secondary N) is 3. The number of halogens is 3. The zero-order chi connectivity index (χ0) is 33.4. The third-order valence-corrected chi connectivity index (χ3v) is 10.2. The first-order chi connectivity index (χ1) is 22.3. The second-order valence-corrected chi connectivity index (χ2v) is 14.8. The summed E-state index contributed by atoms with van der Waals surface area (Å²) in [5, 5.41) is 20.2. The number of hydrogen-bond donors (Lipinski definition) is 3. The zero-order valence-corrected chi connectivity index (χ0v) is 27.2. The van der Waals surface area contributed by atoms with Gasteiger partial charge in [-0.1, -0.05) is 18.2 Å². The molecule has 1 amide bonds. The highest BCUT2D eigenvalue weighted by Crippen LogP contribution is 2.60. The molecule has 1 aliphatic heterocycles. The number of hydrogen-bond acceptors (Lipinski definition) is 9. The Morgan fingerprint density at radius 3 is 2.45 bits per heavy atom. The van der Waals surface area contributed by atoms with Crippen LogP contribution in [0.2, 0.25) is 0 Å². The van der Waals surface area contributed by atoms with Gasteiger partial charge in [-0.05, 0) is 95.0 Å². The van der Waals surface area contributed by atoms with E-state index in [1.807, 2.05) is 25.7 Å². The van der Waals surface area contributed by atoms with Crippen LogP contribution in [0.25, 0.3) is 0 Å². The van der Waals surface area contributed by atoms with Gasteiger partial charge in [0.2, 0.25) is 5.95 Å². The molecule has 3 unspecified atom stereocenters. The Labute approximate surface area is 273 Å². The molecule has 47 heavy (non-hydrogen) atoms. The van der Waals surface area contributed by atoms with Gasteiger partial charge in [-0.25, -0.2) is 9.78 Å². The summed E-state index contributed by atoms with van der Waals surface area (Å²) in [6, 6.07) is 8.94. The third-order valence-electron chi connectivity index (χ3n) is 10.2. The first-order valence-electron chi connectivity index (χ1n) is 16.6. The van der Waals surface area contributed by atoms with E-state index in [-0.39, 0.29) is 29.8 Å². The van der Waals surface area contributed by atoms with Gasteiger partial charge in [0.15, 0.2) is 0 Å². The summed E-state index contributed by atoms with van der Waals surface area (Å²) in [7, 11) is 0. The Morgan fingerprint density at radius 1 is 1.09 bits per heavy atom. The molecule has 4 saturated carbocycles. The number of amides is 1. The van der Waals surface area contributed by atoms with E-state index in [1.165, 1.54) is 31.2 Å². The van der Waals surface area contributed by atoms with Gasteiger partial charge in [-0.3, -0.25) is 0 Å². The number of nitrogens with zero attached hydrogens (tertiary/aromatic N) is 4. The summed E-state index contributed by atoms with van der Waals surface area (Å²) >= 11 is 0. The highest BCUT2D eigenvalue weighted by molar-refractivity contribution is 5.68. The van der Waals surface area contributed by atoms with E-state index in [1.54, 1.807) is 12.1 Å². The molecule has 254 valence electrons. The summed E-state index contributed by atoms with van der Waals surface area (Å²) in [4.78, 5) is 23.1. The van der Waals surface area contributed by atoms with Crippen molar-refractivity contribution in [1.82, 2.24) is 20.2 Å². The molecule has 5 aliphatic rings. The first kappa shape index (κ1) is 33.1. The number of ether oxygens (including phenoxy) is 2. The molecule has 1 saturated heterocycles. The van der Waals surface area contributed by atoms with E-state index >= 15 is 0 Å². The lowest BCUT2D eigenvalue weighted by atomic mass is 9.48. The molecule has 1 aromatic heterocycles. The molecule has 5 atom stereocenters. The van der Waals surface area contributed by atoms with E-state index in [2.05, 4.69) is 36.7 Å². The number of aromatic nitrogens is 2. The van der Waals surface area contributed by atoms with Crippen molar-refractivity contribution in [2.45, 2.75) is 96.3 Å². The normalized spacial score (nSPS) is 27.3. The SMILES string of the molecule is CC(C)(C)OC(=O)N1CCC(NC2[C@@H]3CC4C[C@H]2CC(CNc2nc(NCc5ccccc5OC(F)(F)F)ncc2C#N)(C4)C3)CC1. The second kappa shape index (κ2) is 13.0. The number of carbonyl (C=O) groups excluding carboxylic acids is 1. The Kier molecular flexibility index (Phi) is 9.17. The van der Waals surface area contributed by atoms with Crippen molar-refractivity contribution in [3.05, 3.63) is 41.6 Å². The summed E-state index contributed by atoms with van der Waals surface area (Å²) < 4.78 is 48.3. The van der Waals surface area contributed by atoms with Crippen molar-refractivity contribution in [1.29, 1.82) is 5.26 Å². The molecule has 0 spiro atoms. The van der Waals surface area contributed by atoms with Crippen LogP contribution >= 0.6 is 0 Å². The Morgan fingerprint density at radius 2 is 1.79 bits per heavy atom. The van der Waals surface area contributed by atoms with E-state index in [0.29, 0.717) is 66.4 Å². The average molecular weight is 656 g/mol. The fourth-order valence-corrected chi connectivity index (χ4v) is 8.51. The molecule has 4 aliphatic carbocycles. The van der Waals surface area contributed by atoms with Gasteiger partial charge in [0.1, 0.15) is 28.8 Å². The van der Waals surface area contributed by atoms with Gasteiger partial charge in [0.25, 0.3) is 0 Å². The highest BCUT2D eigenvalue weighted by Gasteiger charge is 2.55. The van der Waals surface area contributed by atoms with Gasteiger partial charge in [-0.2, -0.15) is 10.2 Å². The average Bonchev–Trinajstić information content (AvgIpc) is 3.00. The molecular formula is C34H44F3N7O3. The van der Waals surface area contributed by atoms with E-state index in [0.717, 1.165) is 32.1 Å². The number of carbonyl (C=O) groups is 1. The van der Waals surface area contributed by atoms with E-state index in [9.17, 15) is 23.2 Å². The van der Waals surface area contributed by atoms with Crippen molar-refractivity contribution in [3.63, 3.8) is 0 Å². The van der Waals surface area contributed by atoms with Crippen molar-refractivity contribution in [3.8, 4) is 11.8 Å². The van der Waals surface area contributed by atoms with Crippen LogP contribution in [-0.4, -0.2) is 64.6 Å². The van der Waals surface area contributed by atoms with Crippen LogP contribution in [0.5, 0.6) is 5.75 Å². The minimum Gasteiger partial charge on any atom is -0.444 e. The number of likely N-dealkylation sites (tertiary alicyclic amines) is 1. The molecule has 3 N–H and O–H groups in total. The maximum Gasteiger partial charge on any atom is 0.573 e. The summed E-state index contributed by atoms with van der Waals surface area (Å²) in [6.45, 7) is 7.80. The fourth-order valence-electron chi connectivity index (χ4n) is 8.51. The highest BCUT2D eigenvalue weighted by atomic mass is 19.4. The maximum absolute atomic E-state index is 12.9. The Bertz CT molecular complexity index is 1470. The van der Waals surface area contributed by atoms with Crippen LogP contribution < -0.4 is 20.7 Å². The van der Waals surface area contributed by atoms with Crippen LogP contribution in [0.15, 0.2) is 30.5 Å². The molecule has 10 nitrogen and oxygen atoms in total. The number of piperidine rings is 1. The van der Waals surface area contributed by atoms with Crippen molar-refractivity contribution in [2.24, 2.45) is 23.2 Å². The van der Waals surface area contributed by atoms with Crippen LogP contribution in [0.4, 0.5) is 29.7 Å². The fraction of sp³-hybridized carbons (Fsp3) is 0.647. The molecule has 1 aromatic carbocycles. The number of para-hydroxylation sites is 1. The predicted molar refractivity (Wildman–Crippen MR) is 169 cm³/mol. The molecule has 5 fully saturated rings. The topological polar surface area (TPSA) is 124 Å². The van der Waals surface area contributed by atoms with Crippen LogP contribution in [0.1, 0.15) is 76.8 Å². The summed E-state index contributed by atoms with van der Waals surface area (Å²) in [5.74, 6) is 2.21. The molecule has 2 heterocycles. The zero-order valence-electron chi connectivity index (χ0n) is 27.2. The van der Waals surface area contributed by atoms with Gasteiger partial charge in [0, 0.05) is 43.8 Å². The lowest BCUT2D eigenvalue weighted by Crippen LogP contribution is -2.62. The van der Waals surface area contributed by atoms with Crippen LogP contribution in [0.3, 0.4) is 0 Å². The van der Waals surface area contributed by atoms with Crippen LogP contribution in [-0.2, 0) is 11.3 Å². The van der Waals surface area contributed by atoms with Gasteiger partial charge in [0.05, 0.1) is 6.20 Å². The van der Waals surface area contributed by atoms with Crippen molar-refractivity contribution >= 4 is 17.9 Å². The lowest BCUT2D eigenvalue weighted by Gasteiger charge is -2.61. The number of anilines is 2. The predicted octanol–water partition coefficient (Wildman–Crippen LogP) is 6.45. The van der Waals surface area contributed by atoms with Gasteiger partial charge < -0.3 is 30.3 Å². The largest absolute Gasteiger partial charge is 0.573 e. The van der Waals surface area contributed by atoms with E-state index in [4.69, 9.17) is 4.74 Å². The molecular weight excluding hydrogens is 611 g/mol. The molecule has 2 aromatic rings. The Hall–Kier alpha value is -3.79. The maximum atomic E-state index is 12.9. The second-order valence-electron chi connectivity index (χ2n) is 14.8. The number of alkyl halides is 3. The minimum atomic E-state index is -4.80. The third kappa shape index (κ3) is 8.03. The number of benzene rings is 1. The molecule has 13 heteroatoms. The minimum absolute atomic E-state index is 0.0149. The molecule has 7 rings (SSSR count). The monoisotopic (exact) mass is 655 g/mol. The van der Waals surface area contributed by atoms with Gasteiger partial charge in [-0.15, -0.1) is 13.2 Å².